The van der Waals surface area contributed by atoms with Crippen molar-refractivity contribution in [3.63, 3.8) is 0 Å². The highest BCUT2D eigenvalue weighted by Crippen LogP contribution is 2.44. The van der Waals surface area contributed by atoms with Gasteiger partial charge in [0.1, 0.15) is 0 Å². The van der Waals surface area contributed by atoms with E-state index >= 15 is 0 Å². The van der Waals surface area contributed by atoms with E-state index in [9.17, 15) is 9.90 Å². The summed E-state index contributed by atoms with van der Waals surface area (Å²) < 4.78 is 5.36. The first kappa shape index (κ1) is 10.3. The van der Waals surface area contributed by atoms with Crippen LogP contribution in [0.2, 0.25) is 0 Å². The second kappa shape index (κ2) is 3.58. The van der Waals surface area contributed by atoms with Gasteiger partial charge in [0.25, 0.3) is 0 Å². The Hall–Kier alpha value is -1.84. The van der Waals surface area contributed by atoms with Gasteiger partial charge in [0, 0.05) is 17.1 Å². The molecule has 1 aliphatic carbocycles. The SMILES string of the molecule is O=C(O)C1(c2coc3ncccc23)CCCC1. The molecule has 1 aliphatic rings. The molecule has 0 spiro atoms. The minimum Gasteiger partial charge on any atom is -0.481 e. The van der Waals surface area contributed by atoms with Crippen molar-refractivity contribution in [2.75, 3.05) is 0 Å². The molecule has 0 saturated heterocycles. The van der Waals surface area contributed by atoms with Gasteiger partial charge in [-0.05, 0) is 25.0 Å². The molecule has 4 heteroatoms. The topological polar surface area (TPSA) is 63.3 Å². The van der Waals surface area contributed by atoms with Gasteiger partial charge in [-0.25, -0.2) is 4.98 Å². The number of aliphatic carboxylic acids is 1. The summed E-state index contributed by atoms with van der Waals surface area (Å²) in [5.74, 6) is -0.749. The van der Waals surface area contributed by atoms with E-state index in [1.165, 1.54) is 0 Å². The van der Waals surface area contributed by atoms with Crippen molar-refractivity contribution in [1.29, 1.82) is 0 Å². The van der Waals surface area contributed by atoms with E-state index in [1.807, 2.05) is 12.1 Å². The Kier molecular flexibility index (Phi) is 2.18. The number of carboxylic acids is 1. The van der Waals surface area contributed by atoms with Crippen molar-refractivity contribution in [3.05, 3.63) is 30.2 Å². The molecule has 3 rings (SSSR count). The molecule has 4 nitrogen and oxygen atoms in total. The zero-order chi connectivity index (χ0) is 11.9. The summed E-state index contributed by atoms with van der Waals surface area (Å²) in [6.45, 7) is 0. The number of hydrogen-bond donors (Lipinski definition) is 1. The lowest BCUT2D eigenvalue weighted by atomic mass is 9.79. The Morgan fingerprint density at radius 3 is 2.88 bits per heavy atom. The van der Waals surface area contributed by atoms with Crippen molar-refractivity contribution in [2.24, 2.45) is 0 Å². The number of hydrogen-bond acceptors (Lipinski definition) is 3. The van der Waals surface area contributed by atoms with Crippen molar-refractivity contribution >= 4 is 17.1 Å². The monoisotopic (exact) mass is 231 g/mol. The number of pyridine rings is 1. The van der Waals surface area contributed by atoms with Crippen LogP contribution >= 0.6 is 0 Å². The minimum atomic E-state index is -0.770. The molecule has 2 heterocycles. The fourth-order valence-corrected chi connectivity index (χ4v) is 2.82. The lowest BCUT2D eigenvalue weighted by Gasteiger charge is -2.22. The molecule has 0 radical (unpaired) electrons. The second-order valence-corrected chi connectivity index (χ2v) is 4.60. The summed E-state index contributed by atoms with van der Waals surface area (Å²) in [6.07, 6.45) is 6.50. The second-order valence-electron chi connectivity index (χ2n) is 4.60. The lowest BCUT2D eigenvalue weighted by Crippen LogP contribution is -2.32. The maximum absolute atomic E-state index is 11.6. The van der Waals surface area contributed by atoms with Crippen LogP contribution in [0.5, 0.6) is 0 Å². The van der Waals surface area contributed by atoms with Crippen molar-refractivity contribution in [3.8, 4) is 0 Å². The van der Waals surface area contributed by atoms with Gasteiger partial charge in [0.15, 0.2) is 0 Å². The third-order valence-electron chi connectivity index (χ3n) is 3.73. The molecule has 2 aromatic rings. The van der Waals surface area contributed by atoms with Crippen LogP contribution < -0.4 is 0 Å². The first-order valence-corrected chi connectivity index (χ1v) is 5.80. The van der Waals surface area contributed by atoms with Crippen LogP contribution in [0.25, 0.3) is 11.1 Å². The van der Waals surface area contributed by atoms with Crippen LogP contribution in [0.15, 0.2) is 29.0 Å². The van der Waals surface area contributed by atoms with E-state index in [-0.39, 0.29) is 0 Å². The normalized spacial score (nSPS) is 18.6. The Balaban J connectivity index is 2.22. The summed E-state index contributed by atoms with van der Waals surface area (Å²) in [5.41, 5.74) is 0.537. The van der Waals surface area contributed by atoms with E-state index in [2.05, 4.69) is 4.98 Å². The van der Waals surface area contributed by atoms with Gasteiger partial charge in [0.05, 0.1) is 11.7 Å². The summed E-state index contributed by atoms with van der Waals surface area (Å²) in [7, 11) is 0. The highest BCUT2D eigenvalue weighted by atomic mass is 16.4. The molecule has 1 saturated carbocycles. The first-order valence-electron chi connectivity index (χ1n) is 5.80. The zero-order valence-electron chi connectivity index (χ0n) is 9.35. The third-order valence-corrected chi connectivity index (χ3v) is 3.73. The fourth-order valence-electron chi connectivity index (χ4n) is 2.82. The van der Waals surface area contributed by atoms with Crippen molar-refractivity contribution < 1.29 is 14.3 Å². The number of carboxylic acid groups (broad SMARTS) is 1. The predicted octanol–water partition coefficient (Wildman–Crippen LogP) is 2.72. The molecule has 1 N–H and O–H groups in total. The number of fused-ring (bicyclic) bond motifs is 1. The van der Waals surface area contributed by atoms with E-state index in [1.54, 1.807) is 12.5 Å². The first-order chi connectivity index (χ1) is 8.24. The van der Waals surface area contributed by atoms with Gasteiger partial charge < -0.3 is 9.52 Å². The fraction of sp³-hybridized carbons (Fsp3) is 0.385. The molecule has 1 fully saturated rings. The molecule has 0 atom stereocenters. The number of rotatable bonds is 2. The quantitative estimate of drug-likeness (QED) is 0.863. The molecule has 0 bridgehead atoms. The van der Waals surface area contributed by atoms with Crippen LogP contribution in [-0.2, 0) is 10.2 Å². The average molecular weight is 231 g/mol. The highest BCUT2D eigenvalue weighted by molar-refractivity contribution is 5.89. The standard InChI is InChI=1S/C13H13NO3/c15-12(16)13(5-1-2-6-13)10-8-17-11-9(10)4-3-7-14-11/h3-4,7-8H,1-2,5-6H2,(H,15,16). The molecule has 2 aromatic heterocycles. The van der Waals surface area contributed by atoms with E-state index in [0.29, 0.717) is 18.6 Å². The molecule has 0 amide bonds. The van der Waals surface area contributed by atoms with Crippen molar-refractivity contribution in [2.45, 2.75) is 31.1 Å². The average Bonchev–Trinajstić information content (AvgIpc) is 2.95. The Morgan fingerprint density at radius 2 is 2.18 bits per heavy atom. The molecule has 0 aromatic carbocycles. The number of carbonyl (C=O) groups is 1. The van der Waals surface area contributed by atoms with Gasteiger partial charge in [-0.15, -0.1) is 0 Å². The smallest absolute Gasteiger partial charge is 0.314 e. The molecule has 0 unspecified atom stereocenters. The van der Waals surface area contributed by atoms with E-state index in [0.717, 1.165) is 23.8 Å². The maximum Gasteiger partial charge on any atom is 0.314 e. The van der Waals surface area contributed by atoms with Gasteiger partial charge >= 0.3 is 5.97 Å². The summed E-state index contributed by atoms with van der Waals surface area (Å²) >= 11 is 0. The van der Waals surface area contributed by atoms with Crippen LogP contribution in [0.3, 0.4) is 0 Å². The van der Waals surface area contributed by atoms with Gasteiger partial charge in [-0.2, -0.15) is 0 Å². The highest BCUT2D eigenvalue weighted by Gasteiger charge is 2.45. The lowest BCUT2D eigenvalue weighted by molar-refractivity contribution is -0.143. The van der Waals surface area contributed by atoms with E-state index < -0.39 is 11.4 Å². The Morgan fingerprint density at radius 1 is 1.41 bits per heavy atom. The number of furan rings is 1. The third kappa shape index (κ3) is 1.37. The van der Waals surface area contributed by atoms with Gasteiger partial charge in [0.2, 0.25) is 5.71 Å². The Labute approximate surface area is 98.3 Å². The van der Waals surface area contributed by atoms with E-state index in [4.69, 9.17) is 4.42 Å². The molecule has 88 valence electrons. The number of nitrogens with zero attached hydrogens (tertiary/aromatic N) is 1. The molecule has 17 heavy (non-hydrogen) atoms. The van der Waals surface area contributed by atoms with Gasteiger partial charge in [-0.1, -0.05) is 12.8 Å². The Bertz CT molecular complexity index is 567. The summed E-state index contributed by atoms with van der Waals surface area (Å²) in [4.78, 5) is 15.7. The van der Waals surface area contributed by atoms with Crippen LogP contribution in [0, 0.1) is 0 Å². The maximum atomic E-state index is 11.6. The summed E-state index contributed by atoms with van der Waals surface area (Å²) in [5, 5.41) is 10.4. The predicted molar refractivity (Wildman–Crippen MR) is 61.8 cm³/mol. The van der Waals surface area contributed by atoms with Crippen molar-refractivity contribution in [1.82, 2.24) is 4.98 Å². The molecule has 0 aliphatic heterocycles. The van der Waals surface area contributed by atoms with Crippen LogP contribution in [0.4, 0.5) is 0 Å². The molecular weight excluding hydrogens is 218 g/mol. The van der Waals surface area contributed by atoms with Crippen LogP contribution in [0.1, 0.15) is 31.2 Å². The summed E-state index contributed by atoms with van der Waals surface area (Å²) in [6, 6.07) is 3.69. The van der Waals surface area contributed by atoms with Crippen LogP contribution in [-0.4, -0.2) is 16.1 Å². The minimum absolute atomic E-state index is 0.523. The largest absolute Gasteiger partial charge is 0.481 e. The molecular formula is C13H13NO3. The number of aromatic nitrogens is 1. The van der Waals surface area contributed by atoms with Gasteiger partial charge in [-0.3, -0.25) is 4.79 Å². The zero-order valence-corrected chi connectivity index (χ0v) is 9.35.